The van der Waals surface area contributed by atoms with E-state index in [0.717, 1.165) is 9.47 Å². The van der Waals surface area contributed by atoms with Crippen molar-refractivity contribution in [1.82, 2.24) is 19.8 Å². The largest absolute Gasteiger partial charge is 0.480 e. The van der Waals surface area contributed by atoms with Crippen LogP contribution in [0.1, 0.15) is 45.6 Å². The van der Waals surface area contributed by atoms with Crippen molar-refractivity contribution in [2.24, 2.45) is 0 Å². The number of carbonyl (C=O) groups is 3. The van der Waals surface area contributed by atoms with Gasteiger partial charge in [0.15, 0.2) is 0 Å². The number of nitrogens with one attached hydrogen (secondary N) is 2. The normalized spacial score (nSPS) is 18.7. The fourth-order valence-electron chi connectivity index (χ4n) is 3.45. The van der Waals surface area contributed by atoms with Crippen LogP contribution < -0.4 is 16.6 Å². The van der Waals surface area contributed by atoms with Gasteiger partial charge in [-0.2, -0.15) is 0 Å². The molecule has 0 unspecified atom stereocenters. The van der Waals surface area contributed by atoms with Crippen molar-refractivity contribution >= 4 is 18.0 Å². The molecule has 0 aliphatic heterocycles. The highest BCUT2D eigenvalue weighted by atomic mass is 16.6. The van der Waals surface area contributed by atoms with Crippen molar-refractivity contribution in [3.8, 4) is 0 Å². The zero-order chi connectivity index (χ0) is 22.6. The van der Waals surface area contributed by atoms with E-state index in [1.807, 2.05) is 0 Å². The van der Waals surface area contributed by atoms with Crippen LogP contribution in [0.25, 0.3) is 0 Å². The molecule has 2 amide bonds. The minimum absolute atomic E-state index is 0.248. The van der Waals surface area contributed by atoms with Crippen molar-refractivity contribution in [3.05, 3.63) is 32.6 Å². The molecule has 11 heteroatoms. The lowest BCUT2D eigenvalue weighted by Gasteiger charge is -2.33. The predicted molar refractivity (Wildman–Crippen MR) is 106 cm³/mol. The molecule has 0 saturated heterocycles. The number of carboxylic acid groups (broad SMARTS) is 1. The maximum Gasteiger partial charge on any atom is 0.407 e. The summed E-state index contributed by atoms with van der Waals surface area (Å²) in [5.74, 6) is -1.81. The van der Waals surface area contributed by atoms with Gasteiger partial charge in [0.05, 0.1) is 12.1 Å². The molecular formula is C19H28N4O7. The SMILES string of the molecule is Cc1cn(CC(=O)N(CC(=O)O)[C@H]2CCC[C@@H]2NC(=O)OC(C)(C)C)c(=O)[nH]c1=O. The Morgan fingerprint density at radius 2 is 1.97 bits per heavy atom. The topological polar surface area (TPSA) is 151 Å². The predicted octanol–water partition coefficient (Wildman–Crippen LogP) is 0.204. The quantitative estimate of drug-likeness (QED) is 0.590. The summed E-state index contributed by atoms with van der Waals surface area (Å²) in [5, 5.41) is 12.0. The van der Waals surface area contributed by atoms with E-state index < -0.39 is 60.0 Å². The van der Waals surface area contributed by atoms with Crippen molar-refractivity contribution < 1.29 is 24.2 Å². The number of alkyl carbamates (subject to hydrolysis) is 1. The fraction of sp³-hybridized carbons (Fsp3) is 0.632. The Bertz CT molecular complexity index is 928. The first-order chi connectivity index (χ1) is 13.9. The first-order valence-corrected chi connectivity index (χ1v) is 9.68. The number of ether oxygens (including phenoxy) is 1. The van der Waals surface area contributed by atoms with E-state index in [-0.39, 0.29) is 5.56 Å². The minimum atomic E-state index is -1.21. The third-order valence-corrected chi connectivity index (χ3v) is 4.70. The highest BCUT2D eigenvalue weighted by Gasteiger charge is 2.37. The number of carboxylic acids is 1. The first kappa shape index (κ1) is 23.2. The Morgan fingerprint density at radius 3 is 2.57 bits per heavy atom. The van der Waals surface area contributed by atoms with Gasteiger partial charge in [-0.1, -0.05) is 0 Å². The summed E-state index contributed by atoms with van der Waals surface area (Å²) in [6.45, 7) is 5.66. The van der Waals surface area contributed by atoms with Gasteiger partial charge in [-0.3, -0.25) is 23.9 Å². The molecule has 1 fully saturated rings. The third kappa shape index (κ3) is 6.19. The second-order valence-corrected chi connectivity index (χ2v) is 8.37. The molecule has 166 valence electrons. The van der Waals surface area contributed by atoms with Gasteiger partial charge in [0.2, 0.25) is 5.91 Å². The highest BCUT2D eigenvalue weighted by Crippen LogP contribution is 2.25. The maximum atomic E-state index is 12.9. The molecule has 0 spiro atoms. The second-order valence-electron chi connectivity index (χ2n) is 8.37. The summed E-state index contributed by atoms with van der Waals surface area (Å²) in [4.78, 5) is 63.2. The molecule has 0 radical (unpaired) electrons. The minimum Gasteiger partial charge on any atom is -0.480 e. The van der Waals surface area contributed by atoms with E-state index in [1.165, 1.54) is 13.1 Å². The zero-order valence-corrected chi connectivity index (χ0v) is 17.6. The number of amides is 2. The van der Waals surface area contributed by atoms with Crippen molar-refractivity contribution in [2.75, 3.05) is 6.54 Å². The molecule has 0 bridgehead atoms. The molecule has 2 atom stereocenters. The van der Waals surface area contributed by atoms with Crippen LogP contribution in [-0.4, -0.2) is 61.8 Å². The molecule has 3 N–H and O–H groups in total. The maximum absolute atomic E-state index is 12.9. The molecule has 0 aromatic carbocycles. The van der Waals surface area contributed by atoms with E-state index in [9.17, 15) is 29.1 Å². The van der Waals surface area contributed by atoms with E-state index in [2.05, 4.69) is 10.3 Å². The Morgan fingerprint density at radius 1 is 1.30 bits per heavy atom. The smallest absolute Gasteiger partial charge is 0.407 e. The lowest BCUT2D eigenvalue weighted by Crippen LogP contribution is -2.54. The first-order valence-electron chi connectivity index (χ1n) is 9.68. The Labute approximate surface area is 173 Å². The summed E-state index contributed by atoms with van der Waals surface area (Å²) in [6.07, 6.45) is 2.36. The zero-order valence-electron chi connectivity index (χ0n) is 17.6. The number of carbonyl (C=O) groups excluding carboxylic acids is 2. The van der Waals surface area contributed by atoms with E-state index in [1.54, 1.807) is 20.8 Å². The van der Waals surface area contributed by atoms with Crippen LogP contribution in [0.2, 0.25) is 0 Å². The summed E-state index contributed by atoms with van der Waals surface area (Å²) in [6, 6.07) is -1.03. The van der Waals surface area contributed by atoms with Gasteiger partial charge in [-0.25, -0.2) is 9.59 Å². The van der Waals surface area contributed by atoms with Crippen molar-refractivity contribution in [1.29, 1.82) is 0 Å². The van der Waals surface area contributed by atoms with E-state index >= 15 is 0 Å². The second kappa shape index (κ2) is 9.14. The molecular weight excluding hydrogens is 396 g/mol. The lowest BCUT2D eigenvalue weighted by atomic mass is 10.1. The number of aromatic amines is 1. The van der Waals surface area contributed by atoms with Crippen LogP contribution in [0.5, 0.6) is 0 Å². The molecule has 1 aromatic rings. The fourth-order valence-corrected chi connectivity index (χ4v) is 3.45. The molecule has 30 heavy (non-hydrogen) atoms. The van der Waals surface area contributed by atoms with Gasteiger partial charge in [-0.15, -0.1) is 0 Å². The van der Waals surface area contributed by atoms with Gasteiger partial charge < -0.3 is 20.1 Å². The average Bonchev–Trinajstić information content (AvgIpc) is 3.03. The third-order valence-electron chi connectivity index (χ3n) is 4.70. The van der Waals surface area contributed by atoms with Gasteiger partial charge >= 0.3 is 17.8 Å². The molecule has 1 heterocycles. The van der Waals surface area contributed by atoms with Crippen LogP contribution in [0.4, 0.5) is 4.79 Å². The number of hydrogen-bond donors (Lipinski definition) is 3. The molecule has 11 nitrogen and oxygen atoms in total. The monoisotopic (exact) mass is 424 g/mol. The summed E-state index contributed by atoms with van der Waals surface area (Å²) in [7, 11) is 0. The van der Waals surface area contributed by atoms with Gasteiger partial charge in [-0.05, 0) is 47.0 Å². The Kier molecular flexibility index (Phi) is 7.06. The number of aliphatic carboxylic acids is 1. The van der Waals surface area contributed by atoms with Crippen molar-refractivity contribution in [3.63, 3.8) is 0 Å². The summed E-state index contributed by atoms with van der Waals surface area (Å²) < 4.78 is 6.28. The number of rotatable bonds is 6. The number of aryl methyl sites for hydroxylation is 1. The standard InChI is InChI=1S/C19H28N4O7/c1-11-8-22(17(28)21-16(11)27)9-14(24)23(10-15(25)26)13-7-5-6-12(13)20-18(29)30-19(2,3)4/h8,12-13H,5-7,9-10H2,1-4H3,(H,20,29)(H,25,26)(H,21,27,28)/t12-,13-/m0/s1. The average molecular weight is 424 g/mol. The van der Waals surface area contributed by atoms with Crippen LogP contribution in [0.3, 0.4) is 0 Å². The number of nitrogens with zero attached hydrogens (tertiary/aromatic N) is 2. The van der Waals surface area contributed by atoms with Gasteiger partial charge in [0.1, 0.15) is 18.7 Å². The number of hydrogen-bond acceptors (Lipinski definition) is 6. The van der Waals surface area contributed by atoms with E-state index in [0.29, 0.717) is 19.3 Å². The number of H-pyrrole nitrogens is 1. The summed E-state index contributed by atoms with van der Waals surface area (Å²) >= 11 is 0. The van der Waals surface area contributed by atoms with Crippen LogP contribution >= 0.6 is 0 Å². The van der Waals surface area contributed by atoms with Crippen LogP contribution in [0.15, 0.2) is 15.8 Å². The number of aromatic nitrogens is 2. The molecule has 1 aliphatic rings. The lowest BCUT2D eigenvalue weighted by molar-refractivity contribution is -0.146. The van der Waals surface area contributed by atoms with Crippen LogP contribution in [-0.2, 0) is 20.9 Å². The Balaban J connectivity index is 2.21. The van der Waals surface area contributed by atoms with Gasteiger partial charge in [0.25, 0.3) is 5.56 Å². The molecule has 1 saturated carbocycles. The van der Waals surface area contributed by atoms with E-state index in [4.69, 9.17) is 4.74 Å². The molecule has 1 aromatic heterocycles. The highest BCUT2D eigenvalue weighted by molar-refractivity contribution is 5.81. The Hall–Kier alpha value is -3.11. The molecule has 2 rings (SSSR count). The van der Waals surface area contributed by atoms with Crippen molar-refractivity contribution in [2.45, 2.75) is 71.2 Å². The summed E-state index contributed by atoms with van der Waals surface area (Å²) in [5.41, 5.74) is -1.76. The van der Waals surface area contributed by atoms with Crippen LogP contribution in [0, 0.1) is 6.92 Å². The molecule has 1 aliphatic carbocycles. The van der Waals surface area contributed by atoms with Gasteiger partial charge in [0, 0.05) is 11.8 Å².